The molecule has 6 nitrogen and oxygen atoms in total. The van der Waals surface area contributed by atoms with Gasteiger partial charge in [0.1, 0.15) is 12.3 Å². The van der Waals surface area contributed by atoms with Crippen LogP contribution in [0.25, 0.3) is 10.8 Å². The van der Waals surface area contributed by atoms with E-state index in [0.717, 1.165) is 16.5 Å². The number of carbonyl (C=O) groups excluding carboxylic acids is 1. The third-order valence-corrected chi connectivity index (χ3v) is 4.71. The minimum absolute atomic E-state index is 0.179. The van der Waals surface area contributed by atoms with Crippen molar-refractivity contribution < 1.29 is 9.53 Å². The Morgan fingerprint density at radius 1 is 0.933 bits per heavy atom. The maximum absolute atomic E-state index is 12.6. The average molecular weight is 399 g/mol. The van der Waals surface area contributed by atoms with E-state index in [4.69, 9.17) is 4.74 Å². The highest BCUT2D eigenvalue weighted by Crippen LogP contribution is 2.24. The van der Waals surface area contributed by atoms with Crippen LogP contribution in [-0.2, 0) is 17.8 Å². The predicted octanol–water partition coefficient (Wildman–Crippen LogP) is 3.66. The molecule has 4 rings (SSSR count). The minimum Gasteiger partial charge on any atom is -0.491 e. The van der Waals surface area contributed by atoms with Crippen molar-refractivity contribution in [2.45, 2.75) is 13.0 Å². The molecule has 1 aromatic heterocycles. The number of amides is 1. The van der Waals surface area contributed by atoms with Gasteiger partial charge in [-0.05, 0) is 23.8 Å². The van der Waals surface area contributed by atoms with E-state index < -0.39 is 0 Å². The number of rotatable bonds is 7. The molecular weight excluding hydrogens is 378 g/mol. The highest BCUT2D eigenvalue weighted by Gasteiger charge is 2.11. The van der Waals surface area contributed by atoms with E-state index in [9.17, 15) is 9.59 Å². The average Bonchev–Trinajstić information content (AvgIpc) is 2.78. The number of ether oxygens (including phenoxy) is 1. The van der Waals surface area contributed by atoms with Crippen LogP contribution in [0.5, 0.6) is 5.75 Å². The molecule has 30 heavy (non-hydrogen) atoms. The second-order valence-electron chi connectivity index (χ2n) is 6.82. The van der Waals surface area contributed by atoms with E-state index in [1.807, 2.05) is 54.6 Å². The summed E-state index contributed by atoms with van der Waals surface area (Å²) >= 11 is 0. The molecule has 0 atom stereocenters. The lowest BCUT2D eigenvalue weighted by Gasteiger charge is -2.13. The summed E-state index contributed by atoms with van der Waals surface area (Å²) in [4.78, 5) is 25.1. The Kier molecular flexibility index (Phi) is 5.85. The van der Waals surface area contributed by atoms with E-state index in [2.05, 4.69) is 10.4 Å². The second-order valence-corrected chi connectivity index (χ2v) is 6.82. The Morgan fingerprint density at radius 3 is 2.53 bits per heavy atom. The number of para-hydroxylation sites is 2. The van der Waals surface area contributed by atoms with E-state index in [-0.39, 0.29) is 18.0 Å². The van der Waals surface area contributed by atoms with Gasteiger partial charge in [0.25, 0.3) is 5.56 Å². The van der Waals surface area contributed by atoms with Gasteiger partial charge in [0.15, 0.2) is 0 Å². The largest absolute Gasteiger partial charge is 0.491 e. The molecule has 0 aliphatic heterocycles. The molecule has 0 unspecified atom stereocenters. The molecule has 0 saturated heterocycles. The zero-order valence-electron chi connectivity index (χ0n) is 16.3. The van der Waals surface area contributed by atoms with Gasteiger partial charge >= 0.3 is 0 Å². The molecule has 0 fully saturated rings. The molecule has 0 saturated carbocycles. The van der Waals surface area contributed by atoms with Crippen LogP contribution in [0.15, 0.2) is 89.9 Å². The molecule has 6 heteroatoms. The summed E-state index contributed by atoms with van der Waals surface area (Å²) in [5.74, 6) is 0.236. The summed E-state index contributed by atoms with van der Waals surface area (Å²) in [5.41, 5.74) is 1.45. The van der Waals surface area contributed by atoms with Gasteiger partial charge in [-0.1, -0.05) is 60.7 Å². The van der Waals surface area contributed by atoms with Gasteiger partial charge in [-0.25, -0.2) is 4.68 Å². The lowest BCUT2D eigenvalue weighted by molar-refractivity contribution is -0.117. The molecule has 1 N–H and O–H groups in total. The molecule has 0 radical (unpaired) electrons. The van der Waals surface area contributed by atoms with Crippen molar-refractivity contribution in [2.24, 2.45) is 0 Å². The zero-order valence-corrected chi connectivity index (χ0v) is 16.3. The second kappa shape index (κ2) is 9.05. The lowest BCUT2D eigenvalue weighted by atomic mass is 10.2. The summed E-state index contributed by atoms with van der Waals surface area (Å²) in [6.45, 7) is 0.310. The van der Waals surface area contributed by atoms with Gasteiger partial charge in [-0.3, -0.25) is 9.59 Å². The van der Waals surface area contributed by atoms with Gasteiger partial charge < -0.3 is 10.1 Å². The van der Waals surface area contributed by atoms with E-state index in [1.165, 1.54) is 5.56 Å². The molecular formula is C24H21N3O3. The van der Waals surface area contributed by atoms with Crippen molar-refractivity contribution in [3.05, 3.63) is 101 Å². The van der Waals surface area contributed by atoms with Crippen LogP contribution < -0.4 is 15.6 Å². The first-order chi connectivity index (χ1) is 14.7. The number of hydrogen-bond acceptors (Lipinski definition) is 4. The van der Waals surface area contributed by atoms with Crippen molar-refractivity contribution in [2.75, 3.05) is 11.9 Å². The number of nitrogens with zero attached hydrogens (tertiary/aromatic N) is 2. The topological polar surface area (TPSA) is 73.2 Å². The zero-order chi connectivity index (χ0) is 20.8. The Bertz CT molecular complexity index is 1220. The van der Waals surface area contributed by atoms with Crippen molar-refractivity contribution in [1.29, 1.82) is 0 Å². The predicted molar refractivity (Wildman–Crippen MR) is 117 cm³/mol. The number of carbonyl (C=O) groups is 1. The third-order valence-electron chi connectivity index (χ3n) is 4.71. The van der Waals surface area contributed by atoms with Gasteiger partial charge in [-0.15, -0.1) is 0 Å². The number of aromatic nitrogens is 2. The molecule has 4 aromatic rings. The Labute approximate surface area is 173 Å². The molecule has 1 heterocycles. The molecule has 3 aromatic carbocycles. The van der Waals surface area contributed by atoms with Crippen LogP contribution >= 0.6 is 0 Å². The number of anilines is 1. The summed E-state index contributed by atoms with van der Waals surface area (Å²) in [5, 5.41) is 8.20. The fourth-order valence-corrected chi connectivity index (χ4v) is 3.19. The quantitative estimate of drug-likeness (QED) is 0.515. The van der Waals surface area contributed by atoms with Crippen molar-refractivity contribution in [3.8, 4) is 5.75 Å². The first-order valence-electron chi connectivity index (χ1n) is 9.71. The number of benzene rings is 3. The molecule has 1 amide bonds. The normalized spacial score (nSPS) is 10.7. The molecule has 150 valence electrons. The first kappa shape index (κ1) is 19.4. The van der Waals surface area contributed by atoms with Crippen LogP contribution in [0.2, 0.25) is 0 Å². The summed E-state index contributed by atoms with van der Waals surface area (Å²) in [6.07, 6.45) is 2.35. The SMILES string of the molecule is O=C(Cn1ncc2ccccc2c1=O)Nc1ccccc1OCCc1ccccc1. The van der Waals surface area contributed by atoms with Crippen molar-refractivity contribution in [1.82, 2.24) is 9.78 Å². The Hall–Kier alpha value is -3.93. The van der Waals surface area contributed by atoms with Crippen molar-refractivity contribution in [3.63, 3.8) is 0 Å². The summed E-state index contributed by atoms with van der Waals surface area (Å²) in [7, 11) is 0. The fourth-order valence-electron chi connectivity index (χ4n) is 3.19. The fraction of sp³-hybridized carbons (Fsp3) is 0.125. The third kappa shape index (κ3) is 4.55. The maximum atomic E-state index is 12.6. The number of nitrogens with one attached hydrogen (secondary N) is 1. The summed E-state index contributed by atoms with van der Waals surface area (Å²) in [6, 6.07) is 24.5. The number of hydrogen-bond donors (Lipinski definition) is 1. The monoisotopic (exact) mass is 399 g/mol. The van der Waals surface area contributed by atoms with Crippen molar-refractivity contribution >= 4 is 22.4 Å². The van der Waals surface area contributed by atoms with Gasteiger partial charge in [-0.2, -0.15) is 5.10 Å². The van der Waals surface area contributed by atoms with E-state index in [1.54, 1.807) is 30.5 Å². The van der Waals surface area contributed by atoms with E-state index in [0.29, 0.717) is 23.4 Å². The van der Waals surface area contributed by atoms with Crippen LogP contribution in [0.3, 0.4) is 0 Å². The standard InChI is InChI=1S/C24H21N3O3/c28-23(17-27-24(29)20-11-5-4-10-19(20)16-25-27)26-21-12-6-7-13-22(21)30-15-14-18-8-2-1-3-9-18/h1-13,16H,14-15,17H2,(H,26,28). The van der Waals surface area contributed by atoms with Crippen LogP contribution in [0.4, 0.5) is 5.69 Å². The molecule has 0 bridgehead atoms. The molecule has 0 aliphatic carbocycles. The molecule has 0 spiro atoms. The molecule has 0 aliphatic rings. The van der Waals surface area contributed by atoms with Gasteiger partial charge in [0, 0.05) is 11.8 Å². The Morgan fingerprint density at radius 2 is 1.67 bits per heavy atom. The highest BCUT2D eigenvalue weighted by atomic mass is 16.5. The van der Waals surface area contributed by atoms with Gasteiger partial charge in [0.05, 0.1) is 23.9 Å². The first-order valence-corrected chi connectivity index (χ1v) is 9.71. The van der Waals surface area contributed by atoms with Crippen LogP contribution in [-0.4, -0.2) is 22.3 Å². The Balaban J connectivity index is 1.42. The van der Waals surface area contributed by atoms with Crippen LogP contribution in [0.1, 0.15) is 5.56 Å². The smallest absolute Gasteiger partial charge is 0.275 e. The van der Waals surface area contributed by atoms with E-state index >= 15 is 0 Å². The van der Waals surface area contributed by atoms with Crippen LogP contribution in [0, 0.1) is 0 Å². The maximum Gasteiger partial charge on any atom is 0.275 e. The highest BCUT2D eigenvalue weighted by molar-refractivity contribution is 5.92. The lowest BCUT2D eigenvalue weighted by Crippen LogP contribution is -2.29. The number of fused-ring (bicyclic) bond motifs is 1. The minimum atomic E-state index is -0.348. The van der Waals surface area contributed by atoms with Gasteiger partial charge in [0.2, 0.25) is 5.91 Å². The summed E-state index contributed by atoms with van der Waals surface area (Å²) < 4.78 is 7.04.